The Morgan fingerprint density at radius 2 is 1.86 bits per heavy atom. The summed E-state index contributed by atoms with van der Waals surface area (Å²) in [6.45, 7) is 4.51. The Hall–Kier alpha value is -0.470. The van der Waals surface area contributed by atoms with Gasteiger partial charge in [-0.05, 0) is 32.5 Å². The summed E-state index contributed by atoms with van der Waals surface area (Å²) in [5.41, 5.74) is 0. The molecule has 0 aromatic heterocycles. The first-order valence-corrected chi connectivity index (χ1v) is 5.99. The van der Waals surface area contributed by atoms with Gasteiger partial charge in [-0.1, -0.05) is 25.1 Å². The minimum atomic E-state index is 0.598. The number of thioether (sulfide) groups is 1. The van der Waals surface area contributed by atoms with Gasteiger partial charge in [-0.15, -0.1) is 11.8 Å². The van der Waals surface area contributed by atoms with E-state index in [1.54, 1.807) is 0 Å². The number of hydrogen-bond acceptors (Lipinski definition) is 2. The van der Waals surface area contributed by atoms with E-state index in [1.807, 2.05) is 18.8 Å². The molecule has 0 radical (unpaired) electrons. The van der Waals surface area contributed by atoms with Crippen molar-refractivity contribution in [2.75, 3.05) is 7.05 Å². The summed E-state index contributed by atoms with van der Waals surface area (Å²) >= 11 is 1.95. The molecule has 1 N–H and O–H groups in total. The third kappa shape index (κ3) is 4.16. The van der Waals surface area contributed by atoms with Crippen LogP contribution in [0.3, 0.4) is 0 Å². The second kappa shape index (κ2) is 6.10. The first-order chi connectivity index (χ1) is 6.72. The predicted molar refractivity (Wildman–Crippen MR) is 64.9 cm³/mol. The van der Waals surface area contributed by atoms with Gasteiger partial charge in [0.25, 0.3) is 0 Å². The van der Waals surface area contributed by atoms with E-state index in [9.17, 15) is 0 Å². The van der Waals surface area contributed by atoms with E-state index in [1.165, 1.54) is 11.3 Å². The van der Waals surface area contributed by atoms with Crippen LogP contribution in [0.1, 0.15) is 20.3 Å². The monoisotopic (exact) mass is 209 g/mol. The average molecular weight is 209 g/mol. The molecule has 0 aliphatic rings. The van der Waals surface area contributed by atoms with Gasteiger partial charge in [0, 0.05) is 16.2 Å². The van der Waals surface area contributed by atoms with Gasteiger partial charge < -0.3 is 5.32 Å². The highest BCUT2D eigenvalue weighted by molar-refractivity contribution is 7.99. The molecule has 0 aliphatic heterocycles. The zero-order chi connectivity index (χ0) is 10.4. The van der Waals surface area contributed by atoms with E-state index in [0.717, 1.165) is 0 Å². The Kier molecular flexibility index (Phi) is 5.05. The minimum Gasteiger partial charge on any atom is -0.317 e. The number of nitrogens with one attached hydrogen (secondary N) is 1. The van der Waals surface area contributed by atoms with Crippen LogP contribution >= 0.6 is 11.8 Å². The van der Waals surface area contributed by atoms with Crippen LogP contribution in [-0.2, 0) is 0 Å². The first kappa shape index (κ1) is 11.6. The van der Waals surface area contributed by atoms with E-state index < -0.39 is 0 Å². The van der Waals surface area contributed by atoms with E-state index >= 15 is 0 Å². The van der Waals surface area contributed by atoms with Gasteiger partial charge >= 0.3 is 0 Å². The molecule has 14 heavy (non-hydrogen) atoms. The number of rotatable bonds is 5. The van der Waals surface area contributed by atoms with Crippen LogP contribution in [0.2, 0.25) is 0 Å². The molecule has 1 rings (SSSR count). The highest BCUT2D eigenvalue weighted by Gasteiger charge is 2.07. The van der Waals surface area contributed by atoms with E-state index in [-0.39, 0.29) is 0 Å². The molecular formula is C12H19NS. The fourth-order valence-electron chi connectivity index (χ4n) is 1.40. The lowest BCUT2D eigenvalue weighted by Gasteiger charge is -2.16. The molecule has 1 nitrogen and oxygen atoms in total. The first-order valence-electron chi connectivity index (χ1n) is 5.11. The van der Waals surface area contributed by atoms with Gasteiger partial charge in [-0.3, -0.25) is 0 Å². The number of hydrogen-bond donors (Lipinski definition) is 1. The Morgan fingerprint density at radius 1 is 1.21 bits per heavy atom. The van der Waals surface area contributed by atoms with Gasteiger partial charge in [0.05, 0.1) is 0 Å². The molecule has 78 valence electrons. The van der Waals surface area contributed by atoms with Gasteiger partial charge in [-0.2, -0.15) is 0 Å². The van der Waals surface area contributed by atoms with Crippen LogP contribution in [-0.4, -0.2) is 18.3 Å². The Bertz CT molecular complexity index is 248. The zero-order valence-electron chi connectivity index (χ0n) is 9.16. The second-order valence-corrected chi connectivity index (χ2v) is 5.18. The predicted octanol–water partition coefficient (Wildman–Crippen LogP) is 3.17. The summed E-state index contributed by atoms with van der Waals surface area (Å²) in [5, 5.41) is 3.93. The van der Waals surface area contributed by atoms with E-state index in [4.69, 9.17) is 0 Å². The third-order valence-corrected chi connectivity index (χ3v) is 3.40. The standard InChI is InChI=1S/C12H19NS/c1-10(13-3)9-11(2)14-12-7-5-4-6-8-12/h4-8,10-11,13H,9H2,1-3H3. The molecule has 2 heteroatoms. The van der Waals surface area contributed by atoms with E-state index in [2.05, 4.69) is 49.5 Å². The van der Waals surface area contributed by atoms with Crippen molar-refractivity contribution < 1.29 is 0 Å². The maximum absolute atomic E-state index is 3.27. The second-order valence-electron chi connectivity index (χ2n) is 3.67. The minimum absolute atomic E-state index is 0.598. The van der Waals surface area contributed by atoms with Crippen molar-refractivity contribution in [3.05, 3.63) is 30.3 Å². The molecular weight excluding hydrogens is 190 g/mol. The van der Waals surface area contributed by atoms with Gasteiger partial charge in [0.1, 0.15) is 0 Å². The van der Waals surface area contributed by atoms with Crippen molar-refractivity contribution >= 4 is 11.8 Å². The molecule has 0 saturated carbocycles. The Morgan fingerprint density at radius 3 is 2.43 bits per heavy atom. The molecule has 2 atom stereocenters. The smallest absolute Gasteiger partial charge is 0.00807 e. The molecule has 2 unspecified atom stereocenters. The van der Waals surface area contributed by atoms with Gasteiger partial charge in [0.2, 0.25) is 0 Å². The Balaban J connectivity index is 2.37. The highest BCUT2D eigenvalue weighted by atomic mass is 32.2. The lowest BCUT2D eigenvalue weighted by molar-refractivity contribution is 0.564. The molecule has 0 amide bonds. The van der Waals surface area contributed by atoms with Gasteiger partial charge in [-0.25, -0.2) is 0 Å². The van der Waals surface area contributed by atoms with Crippen molar-refractivity contribution in [2.45, 2.75) is 36.5 Å². The van der Waals surface area contributed by atoms with Crippen LogP contribution in [0.25, 0.3) is 0 Å². The fourth-order valence-corrected chi connectivity index (χ4v) is 2.56. The molecule has 1 aromatic rings. The third-order valence-electron chi connectivity index (χ3n) is 2.26. The Labute approximate surface area is 91.3 Å². The van der Waals surface area contributed by atoms with Crippen LogP contribution in [0.4, 0.5) is 0 Å². The maximum atomic E-state index is 3.27. The van der Waals surface area contributed by atoms with Crippen LogP contribution in [0.15, 0.2) is 35.2 Å². The summed E-state index contributed by atoms with van der Waals surface area (Å²) in [4.78, 5) is 1.36. The van der Waals surface area contributed by atoms with Crippen molar-refractivity contribution in [3.8, 4) is 0 Å². The summed E-state index contributed by atoms with van der Waals surface area (Å²) in [6.07, 6.45) is 1.20. The summed E-state index contributed by atoms with van der Waals surface area (Å²) < 4.78 is 0. The average Bonchev–Trinajstić information content (AvgIpc) is 2.19. The molecule has 0 heterocycles. The van der Waals surface area contributed by atoms with E-state index in [0.29, 0.717) is 11.3 Å². The van der Waals surface area contributed by atoms with Crippen molar-refractivity contribution in [3.63, 3.8) is 0 Å². The molecule has 0 bridgehead atoms. The van der Waals surface area contributed by atoms with Gasteiger partial charge in [0.15, 0.2) is 0 Å². The number of benzene rings is 1. The molecule has 1 aromatic carbocycles. The largest absolute Gasteiger partial charge is 0.317 e. The molecule has 0 fully saturated rings. The highest BCUT2D eigenvalue weighted by Crippen LogP contribution is 2.25. The van der Waals surface area contributed by atoms with Crippen molar-refractivity contribution in [2.24, 2.45) is 0 Å². The SMILES string of the molecule is CNC(C)CC(C)Sc1ccccc1. The summed E-state index contributed by atoms with van der Waals surface area (Å²) in [6, 6.07) is 11.2. The lowest BCUT2D eigenvalue weighted by atomic mass is 10.2. The summed E-state index contributed by atoms with van der Waals surface area (Å²) in [7, 11) is 2.02. The normalized spacial score (nSPS) is 15.1. The van der Waals surface area contributed by atoms with Crippen LogP contribution in [0.5, 0.6) is 0 Å². The fraction of sp³-hybridized carbons (Fsp3) is 0.500. The topological polar surface area (TPSA) is 12.0 Å². The zero-order valence-corrected chi connectivity index (χ0v) is 9.97. The van der Waals surface area contributed by atoms with Crippen molar-refractivity contribution in [1.29, 1.82) is 0 Å². The molecule has 0 spiro atoms. The lowest BCUT2D eigenvalue weighted by Crippen LogP contribution is -2.24. The molecule has 0 saturated heterocycles. The van der Waals surface area contributed by atoms with Crippen LogP contribution in [0, 0.1) is 0 Å². The van der Waals surface area contributed by atoms with Crippen molar-refractivity contribution in [1.82, 2.24) is 5.32 Å². The quantitative estimate of drug-likeness (QED) is 0.748. The maximum Gasteiger partial charge on any atom is 0.00807 e. The molecule has 0 aliphatic carbocycles. The summed E-state index contributed by atoms with van der Waals surface area (Å²) in [5.74, 6) is 0. The van der Waals surface area contributed by atoms with Crippen LogP contribution < -0.4 is 5.32 Å².